The average Bonchev–Trinajstić information content (AvgIpc) is 2.48. The van der Waals surface area contributed by atoms with Crippen LogP contribution >= 0.6 is 15.6 Å². The van der Waals surface area contributed by atoms with Crippen LogP contribution in [0.1, 0.15) is 67.2 Å². The van der Waals surface area contributed by atoms with Crippen molar-refractivity contribution in [1.29, 1.82) is 0 Å². The van der Waals surface area contributed by atoms with E-state index in [9.17, 15) is 18.9 Å². The first-order valence-electron chi connectivity index (χ1n) is 9.16. The van der Waals surface area contributed by atoms with E-state index in [0.717, 1.165) is 25.7 Å². The fourth-order valence-electron chi connectivity index (χ4n) is 1.73. The quantitative estimate of drug-likeness (QED) is 0.210. The van der Waals surface area contributed by atoms with Crippen LogP contribution in [-0.2, 0) is 43.7 Å². The SMILES string of the molecule is CC(C)CCCOP(=O)([O-])OCCCC(C)C.CCOP(=O)([O-])OCC.[Ni+2]. The van der Waals surface area contributed by atoms with Crippen LogP contribution in [0.25, 0.3) is 0 Å². The topological polar surface area (TPSA) is 117 Å². The average molecular weight is 477 g/mol. The zero-order valence-electron chi connectivity index (χ0n) is 17.3. The van der Waals surface area contributed by atoms with Gasteiger partial charge in [-0.1, -0.05) is 27.7 Å². The Hall–Kier alpha value is 0.714. The van der Waals surface area contributed by atoms with E-state index in [1.807, 2.05) is 0 Å². The third-order valence-corrected chi connectivity index (χ3v) is 5.07. The first-order chi connectivity index (χ1) is 12.0. The Kier molecular flexibility index (Phi) is 22.5. The van der Waals surface area contributed by atoms with Crippen molar-refractivity contribution in [2.24, 2.45) is 11.8 Å². The van der Waals surface area contributed by atoms with Crippen LogP contribution in [0.5, 0.6) is 0 Å². The van der Waals surface area contributed by atoms with Crippen molar-refractivity contribution in [1.82, 2.24) is 0 Å². The summed E-state index contributed by atoms with van der Waals surface area (Å²) >= 11 is 0. The van der Waals surface area contributed by atoms with Gasteiger partial charge in [0.25, 0.3) is 15.6 Å². The molecule has 0 aliphatic heterocycles. The molecule has 0 radical (unpaired) electrons. The molecule has 0 saturated carbocycles. The van der Waals surface area contributed by atoms with Crippen molar-refractivity contribution >= 4 is 15.6 Å². The van der Waals surface area contributed by atoms with Crippen molar-refractivity contribution < 1.29 is 53.5 Å². The second kappa shape index (κ2) is 18.7. The Labute approximate surface area is 174 Å². The van der Waals surface area contributed by atoms with Gasteiger partial charge in [0.15, 0.2) is 0 Å². The summed E-state index contributed by atoms with van der Waals surface area (Å²) in [5, 5.41) is 0. The molecule has 0 aromatic rings. The molecule has 0 amide bonds. The van der Waals surface area contributed by atoms with E-state index >= 15 is 0 Å². The molecule has 0 bridgehead atoms. The van der Waals surface area contributed by atoms with E-state index in [2.05, 4.69) is 36.7 Å². The molecule has 0 spiro atoms. The molecule has 0 aromatic carbocycles. The van der Waals surface area contributed by atoms with Crippen LogP contribution in [0.4, 0.5) is 0 Å². The summed E-state index contributed by atoms with van der Waals surface area (Å²) in [6, 6.07) is 0. The van der Waals surface area contributed by atoms with Crippen molar-refractivity contribution in [3.8, 4) is 0 Å². The van der Waals surface area contributed by atoms with E-state index in [1.165, 1.54) is 0 Å². The minimum atomic E-state index is -4.06. The molecule has 0 aliphatic carbocycles. The fraction of sp³-hybridized carbons (Fsp3) is 1.00. The summed E-state index contributed by atoms with van der Waals surface area (Å²) in [6.07, 6.45) is 3.43. The van der Waals surface area contributed by atoms with Gasteiger partial charge in [-0.15, -0.1) is 0 Å². The molecule has 0 atom stereocenters. The van der Waals surface area contributed by atoms with Gasteiger partial charge in [-0.2, -0.15) is 0 Å². The predicted octanol–water partition coefficient (Wildman–Crippen LogP) is 3.89. The fourth-order valence-corrected chi connectivity index (χ4v) is 3.21. The summed E-state index contributed by atoms with van der Waals surface area (Å²) in [6.45, 7) is 12.3. The minimum Gasteiger partial charge on any atom is -0.756 e. The zero-order valence-corrected chi connectivity index (χ0v) is 20.1. The molecule has 0 unspecified atom stereocenters. The number of rotatable bonds is 14. The number of hydrogen-bond donors (Lipinski definition) is 0. The Bertz CT molecular complexity index is 391. The summed E-state index contributed by atoms with van der Waals surface area (Å²) in [7, 11) is -8.00. The maximum atomic E-state index is 11.3. The monoisotopic (exact) mass is 476 g/mol. The normalized spacial score (nSPS) is 11.9. The molecular weight excluding hydrogens is 441 g/mol. The largest absolute Gasteiger partial charge is 2.00 e. The first-order valence-corrected chi connectivity index (χ1v) is 12.1. The summed E-state index contributed by atoms with van der Waals surface area (Å²) in [4.78, 5) is 21.7. The van der Waals surface area contributed by atoms with Gasteiger partial charge >= 0.3 is 16.5 Å². The van der Waals surface area contributed by atoms with E-state index in [-0.39, 0.29) is 42.9 Å². The van der Waals surface area contributed by atoms with Crippen molar-refractivity contribution in [3.05, 3.63) is 0 Å². The van der Waals surface area contributed by atoms with Gasteiger partial charge in [-0.05, 0) is 51.4 Å². The van der Waals surface area contributed by atoms with E-state index in [4.69, 9.17) is 9.05 Å². The van der Waals surface area contributed by atoms with Gasteiger partial charge in [-0.25, -0.2) is 0 Å². The van der Waals surface area contributed by atoms with Crippen molar-refractivity contribution in [2.75, 3.05) is 26.4 Å². The van der Waals surface area contributed by atoms with Gasteiger partial charge in [0.2, 0.25) is 0 Å². The first kappa shape index (κ1) is 32.4. The van der Waals surface area contributed by atoms with Crippen LogP contribution in [0.15, 0.2) is 0 Å². The second-order valence-corrected chi connectivity index (χ2v) is 9.29. The molecule has 168 valence electrons. The van der Waals surface area contributed by atoms with Crippen LogP contribution in [0.3, 0.4) is 0 Å². The van der Waals surface area contributed by atoms with Crippen molar-refractivity contribution in [3.63, 3.8) is 0 Å². The predicted molar refractivity (Wildman–Crippen MR) is 98.5 cm³/mol. The summed E-state index contributed by atoms with van der Waals surface area (Å²) in [5.74, 6) is 1.13. The maximum absolute atomic E-state index is 11.3. The van der Waals surface area contributed by atoms with Gasteiger partial charge in [-0.3, -0.25) is 9.13 Å². The van der Waals surface area contributed by atoms with Crippen LogP contribution in [0, 0.1) is 11.8 Å². The molecule has 0 heterocycles. The molecular formula is C16H36NiO8P2. The molecule has 27 heavy (non-hydrogen) atoms. The van der Waals surface area contributed by atoms with E-state index in [1.54, 1.807) is 13.8 Å². The molecule has 0 saturated heterocycles. The molecule has 0 N–H and O–H groups in total. The smallest absolute Gasteiger partial charge is 0.756 e. The van der Waals surface area contributed by atoms with Gasteiger partial charge in [0.05, 0.1) is 26.4 Å². The molecule has 0 aromatic heterocycles. The summed E-state index contributed by atoms with van der Waals surface area (Å²) in [5.41, 5.74) is 0. The van der Waals surface area contributed by atoms with Gasteiger partial charge in [0.1, 0.15) is 0 Å². The van der Waals surface area contributed by atoms with E-state index in [0.29, 0.717) is 11.8 Å². The molecule has 0 rings (SSSR count). The van der Waals surface area contributed by atoms with Crippen LogP contribution in [-0.4, -0.2) is 26.4 Å². The maximum Gasteiger partial charge on any atom is 2.00 e. The molecule has 0 aliphatic rings. The molecule has 11 heteroatoms. The van der Waals surface area contributed by atoms with E-state index < -0.39 is 15.6 Å². The minimum absolute atomic E-state index is 0. The third kappa shape index (κ3) is 26.7. The van der Waals surface area contributed by atoms with Crippen molar-refractivity contribution in [2.45, 2.75) is 67.2 Å². The second-order valence-electron chi connectivity index (χ2n) is 6.47. The van der Waals surface area contributed by atoms with Gasteiger partial charge < -0.3 is 27.9 Å². The number of hydrogen-bond acceptors (Lipinski definition) is 8. The Balaban J connectivity index is -0.000000491. The van der Waals surface area contributed by atoms with Gasteiger partial charge in [0, 0.05) is 0 Å². The van der Waals surface area contributed by atoms with Crippen LogP contribution in [0.2, 0.25) is 0 Å². The standard InChI is InChI=1S/C12H27O4P.C4H11O4P.Ni/c1-11(2)7-5-9-15-17(13,14)16-10-6-8-12(3)4;1-3-7-9(5,6)8-4-2;/h11-12H,5-10H2,1-4H3,(H,13,14);3-4H2,1-2H3,(H,5,6);/q;;+2/p-2. The zero-order chi connectivity index (χ0) is 20.6. The number of phosphoric acid groups is 2. The summed E-state index contributed by atoms with van der Waals surface area (Å²) < 4.78 is 39.7. The Morgan fingerprint density at radius 3 is 1.26 bits per heavy atom. The third-order valence-electron chi connectivity index (χ3n) is 2.92. The molecule has 0 fully saturated rings. The Morgan fingerprint density at radius 1 is 0.704 bits per heavy atom. The van der Waals surface area contributed by atoms with Crippen LogP contribution < -0.4 is 9.79 Å². The molecule has 8 nitrogen and oxygen atoms in total. The Morgan fingerprint density at radius 2 is 1.00 bits per heavy atom. The number of phosphoric ester groups is 2.